The number of hydrogen-bond donors (Lipinski definition) is 1. The van der Waals surface area contributed by atoms with Gasteiger partial charge in [0.1, 0.15) is 11.9 Å². The first-order valence-electron chi connectivity index (χ1n) is 10.8. The second-order valence-electron chi connectivity index (χ2n) is 9.87. The number of nitrogens with zero attached hydrogens (tertiary/aromatic N) is 5. The van der Waals surface area contributed by atoms with E-state index in [9.17, 15) is 5.11 Å². The van der Waals surface area contributed by atoms with E-state index in [1.807, 2.05) is 47.0 Å². The zero-order chi connectivity index (χ0) is 21.8. The van der Waals surface area contributed by atoms with Gasteiger partial charge in [-0.25, -0.2) is 9.37 Å². The van der Waals surface area contributed by atoms with E-state index >= 15 is 4.39 Å². The van der Waals surface area contributed by atoms with Gasteiger partial charge in [-0.2, -0.15) is 0 Å². The van der Waals surface area contributed by atoms with Crippen LogP contribution >= 0.6 is 0 Å². The molecular weight excluding hydrogens is 393 g/mol. The highest BCUT2D eigenvalue weighted by Crippen LogP contribution is 2.59. The molecule has 7 heteroatoms. The van der Waals surface area contributed by atoms with Gasteiger partial charge in [-0.15, -0.1) is 10.2 Å². The van der Waals surface area contributed by atoms with Crippen LogP contribution in [0.15, 0.2) is 49.1 Å². The molecule has 1 aromatic carbocycles. The maximum atomic E-state index is 15.5. The minimum absolute atomic E-state index is 0.120. The minimum atomic E-state index is -0.880. The summed E-state index contributed by atoms with van der Waals surface area (Å²) in [5.41, 5.74) is 1.94. The van der Waals surface area contributed by atoms with E-state index < -0.39 is 6.17 Å². The third-order valence-electron chi connectivity index (χ3n) is 7.40. The summed E-state index contributed by atoms with van der Waals surface area (Å²) in [5, 5.41) is 19.2. The number of aromatic hydroxyl groups is 1. The van der Waals surface area contributed by atoms with Crippen LogP contribution in [-0.4, -0.2) is 44.1 Å². The molecule has 5 rings (SSSR count). The average Bonchev–Trinajstić information content (AvgIpc) is 3.38. The molecule has 162 valence electrons. The quantitative estimate of drug-likeness (QED) is 0.657. The summed E-state index contributed by atoms with van der Waals surface area (Å²) in [7, 11) is 1.91. The van der Waals surface area contributed by atoms with Crippen molar-refractivity contribution >= 4 is 5.82 Å². The van der Waals surface area contributed by atoms with Crippen molar-refractivity contribution in [3.05, 3.63) is 49.1 Å². The van der Waals surface area contributed by atoms with Crippen LogP contribution in [0.25, 0.3) is 16.9 Å². The Hall–Kier alpha value is -2.96. The Morgan fingerprint density at radius 1 is 1.16 bits per heavy atom. The smallest absolute Gasteiger partial charge is 0.151 e. The van der Waals surface area contributed by atoms with Crippen molar-refractivity contribution < 1.29 is 9.50 Å². The van der Waals surface area contributed by atoms with E-state index in [-0.39, 0.29) is 22.6 Å². The van der Waals surface area contributed by atoms with Crippen molar-refractivity contribution in [1.29, 1.82) is 0 Å². The Bertz CT molecular complexity index is 1090. The molecular formula is C24H28FN5O. The molecule has 2 bridgehead atoms. The molecule has 2 aliphatic carbocycles. The van der Waals surface area contributed by atoms with E-state index in [2.05, 4.69) is 29.0 Å². The molecule has 4 atom stereocenters. The zero-order valence-corrected chi connectivity index (χ0v) is 18.2. The van der Waals surface area contributed by atoms with Crippen molar-refractivity contribution in [2.24, 2.45) is 10.8 Å². The Morgan fingerprint density at radius 2 is 2.00 bits per heavy atom. The topological polar surface area (TPSA) is 67.1 Å². The van der Waals surface area contributed by atoms with Crippen molar-refractivity contribution in [2.45, 2.75) is 51.7 Å². The number of fused-ring (bicyclic) bond motifs is 2. The second-order valence-corrected chi connectivity index (χ2v) is 9.87. The van der Waals surface area contributed by atoms with Crippen molar-refractivity contribution in [1.82, 2.24) is 19.7 Å². The zero-order valence-electron chi connectivity index (χ0n) is 18.2. The highest BCUT2D eigenvalue weighted by molar-refractivity contribution is 5.69. The summed E-state index contributed by atoms with van der Waals surface area (Å²) in [6, 6.07) is 8.88. The lowest BCUT2D eigenvalue weighted by Crippen LogP contribution is -2.52. The van der Waals surface area contributed by atoms with Crippen LogP contribution in [0, 0.1) is 10.8 Å². The molecule has 0 amide bonds. The molecule has 2 saturated carbocycles. The van der Waals surface area contributed by atoms with E-state index in [0.717, 1.165) is 31.4 Å². The van der Waals surface area contributed by atoms with Gasteiger partial charge in [0.05, 0.1) is 23.8 Å². The highest BCUT2D eigenvalue weighted by Gasteiger charge is 2.56. The maximum Gasteiger partial charge on any atom is 0.151 e. The fraction of sp³-hybridized carbons (Fsp3) is 0.458. The average molecular weight is 422 g/mol. The van der Waals surface area contributed by atoms with Crippen LogP contribution in [0.1, 0.15) is 39.5 Å². The Balaban J connectivity index is 1.38. The van der Waals surface area contributed by atoms with Crippen LogP contribution in [0.5, 0.6) is 5.75 Å². The van der Waals surface area contributed by atoms with Crippen molar-refractivity contribution in [3.63, 3.8) is 0 Å². The highest BCUT2D eigenvalue weighted by atomic mass is 19.1. The maximum absolute atomic E-state index is 15.5. The molecule has 0 saturated heterocycles. The standard InChI is InChI=1S/C24H28FN5O/c1-23-8-9-24(2,14-23)22(25)19(13-23)29(3)21-7-6-18(27-28-21)17-5-4-16(12-20(17)31)30-11-10-26-15-30/h4-7,10-12,15,19,22,31H,8-9,13-14H2,1-3H3/t19-,22-,23-,24-/m0/s1. The Kier molecular flexibility index (Phi) is 4.53. The first kappa shape index (κ1) is 20.0. The summed E-state index contributed by atoms with van der Waals surface area (Å²) < 4.78 is 17.3. The number of aromatic nitrogens is 4. The Morgan fingerprint density at radius 3 is 2.68 bits per heavy atom. The third-order valence-corrected chi connectivity index (χ3v) is 7.40. The summed E-state index contributed by atoms with van der Waals surface area (Å²) in [6.45, 7) is 4.38. The number of phenolic OH excluding ortho intramolecular Hbond substituents is 1. The Labute approximate surface area is 181 Å². The molecule has 6 nitrogen and oxygen atoms in total. The molecule has 2 heterocycles. The molecule has 0 radical (unpaired) electrons. The largest absolute Gasteiger partial charge is 0.507 e. The SMILES string of the molecule is CN(c1ccc(-c2ccc(-n3ccnc3)cc2O)nn1)[C@H]1C[C@]2(C)CC[C@@](C)(C2)[C@H]1F. The van der Waals surface area contributed by atoms with Gasteiger partial charge in [-0.05, 0) is 55.4 Å². The van der Waals surface area contributed by atoms with Crippen LogP contribution in [-0.2, 0) is 0 Å². The molecule has 3 aromatic rings. The predicted molar refractivity (Wildman–Crippen MR) is 118 cm³/mol. The lowest BCUT2D eigenvalue weighted by Gasteiger charge is -2.46. The normalized spacial score (nSPS) is 29.8. The van der Waals surface area contributed by atoms with Crippen LogP contribution in [0.2, 0.25) is 0 Å². The fourth-order valence-electron chi connectivity index (χ4n) is 5.69. The van der Waals surface area contributed by atoms with E-state index in [1.54, 1.807) is 18.6 Å². The van der Waals surface area contributed by atoms with Crippen molar-refractivity contribution in [2.75, 3.05) is 11.9 Å². The predicted octanol–water partition coefficient (Wildman–Crippen LogP) is 4.78. The van der Waals surface area contributed by atoms with Gasteiger partial charge in [0, 0.05) is 36.5 Å². The molecule has 2 aromatic heterocycles. The summed E-state index contributed by atoms with van der Waals surface area (Å²) in [6.07, 6.45) is 8.14. The number of hydrogen-bond acceptors (Lipinski definition) is 5. The van der Waals surface area contributed by atoms with Crippen LogP contribution < -0.4 is 4.90 Å². The summed E-state index contributed by atoms with van der Waals surface area (Å²) in [4.78, 5) is 5.98. The molecule has 1 N–H and O–H groups in total. The number of anilines is 1. The minimum Gasteiger partial charge on any atom is -0.507 e. The molecule has 0 spiro atoms. The fourth-order valence-corrected chi connectivity index (χ4v) is 5.69. The van der Waals surface area contributed by atoms with Gasteiger partial charge in [0.15, 0.2) is 5.82 Å². The van der Waals surface area contributed by atoms with Gasteiger partial charge in [0.25, 0.3) is 0 Å². The third kappa shape index (κ3) is 3.36. The molecule has 2 fully saturated rings. The van der Waals surface area contributed by atoms with Gasteiger partial charge in [-0.3, -0.25) is 0 Å². The first-order valence-corrected chi connectivity index (χ1v) is 10.8. The molecule has 0 aliphatic heterocycles. The van der Waals surface area contributed by atoms with Gasteiger partial charge in [-0.1, -0.05) is 13.8 Å². The molecule has 31 heavy (non-hydrogen) atoms. The monoisotopic (exact) mass is 421 g/mol. The number of alkyl halides is 1. The number of halogens is 1. The van der Waals surface area contributed by atoms with Gasteiger partial charge >= 0.3 is 0 Å². The van der Waals surface area contributed by atoms with E-state index in [0.29, 0.717) is 17.1 Å². The number of benzene rings is 1. The van der Waals surface area contributed by atoms with Crippen LogP contribution in [0.4, 0.5) is 10.2 Å². The second kappa shape index (κ2) is 7.04. The van der Waals surface area contributed by atoms with Crippen molar-refractivity contribution in [3.8, 4) is 22.7 Å². The van der Waals surface area contributed by atoms with E-state index in [4.69, 9.17) is 0 Å². The van der Waals surface area contributed by atoms with Crippen LogP contribution in [0.3, 0.4) is 0 Å². The lowest BCUT2D eigenvalue weighted by molar-refractivity contribution is 0.0380. The number of rotatable bonds is 4. The van der Waals surface area contributed by atoms with Gasteiger partial charge < -0.3 is 14.6 Å². The number of phenols is 1. The summed E-state index contributed by atoms with van der Waals surface area (Å²) in [5.74, 6) is 0.773. The van der Waals surface area contributed by atoms with Gasteiger partial charge in [0.2, 0.25) is 0 Å². The molecule has 0 unspecified atom stereocenters. The number of imidazole rings is 1. The van der Waals surface area contributed by atoms with E-state index in [1.165, 1.54) is 0 Å². The first-order chi connectivity index (χ1) is 14.8. The summed E-state index contributed by atoms with van der Waals surface area (Å²) >= 11 is 0. The molecule has 2 aliphatic rings. The lowest BCUT2D eigenvalue weighted by atomic mass is 9.67.